The predicted molar refractivity (Wildman–Crippen MR) is 78.8 cm³/mol. The maximum atomic E-state index is 12.1. The van der Waals surface area contributed by atoms with Crippen LogP contribution in [0.5, 0.6) is 0 Å². The van der Waals surface area contributed by atoms with E-state index in [1.54, 1.807) is 6.07 Å². The van der Waals surface area contributed by atoms with E-state index in [1.807, 2.05) is 6.07 Å². The van der Waals surface area contributed by atoms with Gasteiger partial charge in [0.2, 0.25) is 0 Å². The lowest BCUT2D eigenvalue weighted by molar-refractivity contribution is 0.223. The van der Waals surface area contributed by atoms with Crippen molar-refractivity contribution in [1.29, 1.82) is 0 Å². The summed E-state index contributed by atoms with van der Waals surface area (Å²) >= 11 is 0.597. The van der Waals surface area contributed by atoms with Crippen molar-refractivity contribution in [3.05, 3.63) is 23.7 Å². The van der Waals surface area contributed by atoms with Crippen LogP contribution in [0.3, 0.4) is 0 Å². The van der Waals surface area contributed by atoms with Crippen LogP contribution in [-0.2, 0) is 12.3 Å². The van der Waals surface area contributed by atoms with E-state index in [4.69, 9.17) is 4.42 Å². The van der Waals surface area contributed by atoms with Crippen molar-refractivity contribution in [3.63, 3.8) is 0 Å². The highest BCUT2D eigenvalue weighted by atomic mass is 32.2. The number of alkyl halides is 2. The third-order valence-electron chi connectivity index (χ3n) is 4.04. The summed E-state index contributed by atoms with van der Waals surface area (Å²) in [6.07, 6.45) is 3.75. The average molecular weight is 303 g/mol. The Morgan fingerprint density at radius 2 is 2.05 bits per heavy atom. The van der Waals surface area contributed by atoms with E-state index < -0.39 is 5.76 Å². The molecule has 0 spiro atoms. The molecule has 0 bridgehead atoms. The molecule has 1 saturated carbocycles. The minimum atomic E-state index is -2.34. The van der Waals surface area contributed by atoms with Crippen LogP contribution >= 0.6 is 11.8 Å². The van der Waals surface area contributed by atoms with Crippen LogP contribution in [0.1, 0.15) is 44.6 Å². The summed E-state index contributed by atoms with van der Waals surface area (Å²) in [6.45, 7) is 5.29. The first-order valence-corrected chi connectivity index (χ1v) is 8.30. The Hall–Kier alpha value is -0.550. The highest BCUT2D eigenvalue weighted by Crippen LogP contribution is 2.29. The number of hydrogen-bond donors (Lipinski definition) is 1. The molecule has 0 saturated heterocycles. The molecule has 1 N–H and O–H groups in total. The van der Waals surface area contributed by atoms with Gasteiger partial charge in [-0.05, 0) is 43.2 Å². The SMILES string of the molecule is CC1CCC(NCc2ccc(CSC(F)F)o2)C(C)C1. The van der Waals surface area contributed by atoms with Gasteiger partial charge in [-0.3, -0.25) is 0 Å². The standard InChI is InChI=1S/C15H23F2NOS/c1-10-3-6-14(11(2)7-10)18-8-12-4-5-13(19-12)9-20-15(16)17/h4-5,10-11,14-15,18H,3,6-9H2,1-2H3. The van der Waals surface area contributed by atoms with Crippen molar-refractivity contribution < 1.29 is 13.2 Å². The van der Waals surface area contributed by atoms with Crippen molar-refractivity contribution >= 4 is 11.8 Å². The summed E-state index contributed by atoms with van der Waals surface area (Å²) in [5.41, 5.74) is 0. The highest BCUT2D eigenvalue weighted by Gasteiger charge is 2.24. The van der Waals surface area contributed by atoms with Gasteiger partial charge < -0.3 is 9.73 Å². The summed E-state index contributed by atoms with van der Waals surface area (Å²) in [6, 6.07) is 4.21. The van der Waals surface area contributed by atoms with E-state index in [1.165, 1.54) is 19.3 Å². The second-order valence-corrected chi connectivity index (χ2v) is 6.80. The molecule has 3 atom stereocenters. The van der Waals surface area contributed by atoms with Gasteiger partial charge in [-0.1, -0.05) is 25.6 Å². The fraction of sp³-hybridized carbons (Fsp3) is 0.733. The zero-order valence-electron chi connectivity index (χ0n) is 12.1. The number of nitrogens with one attached hydrogen (secondary N) is 1. The van der Waals surface area contributed by atoms with E-state index in [9.17, 15) is 8.78 Å². The first kappa shape index (κ1) is 15.8. The maximum absolute atomic E-state index is 12.1. The monoisotopic (exact) mass is 303 g/mol. The quantitative estimate of drug-likeness (QED) is 0.828. The number of furan rings is 1. The molecule has 3 unspecified atom stereocenters. The highest BCUT2D eigenvalue weighted by molar-refractivity contribution is 7.98. The summed E-state index contributed by atoms with van der Waals surface area (Å²) < 4.78 is 29.8. The molecule has 114 valence electrons. The average Bonchev–Trinajstić information content (AvgIpc) is 2.83. The maximum Gasteiger partial charge on any atom is 0.284 e. The Morgan fingerprint density at radius 3 is 2.75 bits per heavy atom. The number of thioether (sulfide) groups is 1. The Balaban J connectivity index is 1.76. The zero-order valence-corrected chi connectivity index (χ0v) is 12.9. The second kappa shape index (κ2) is 7.46. The lowest BCUT2D eigenvalue weighted by Crippen LogP contribution is -2.38. The van der Waals surface area contributed by atoms with Gasteiger partial charge in [0.1, 0.15) is 11.5 Å². The minimum Gasteiger partial charge on any atom is -0.464 e. The van der Waals surface area contributed by atoms with Gasteiger partial charge in [0.05, 0.1) is 12.3 Å². The van der Waals surface area contributed by atoms with Crippen LogP contribution in [0, 0.1) is 11.8 Å². The van der Waals surface area contributed by atoms with Gasteiger partial charge >= 0.3 is 0 Å². The number of halogens is 2. The molecule has 1 fully saturated rings. The lowest BCUT2D eigenvalue weighted by atomic mass is 9.80. The van der Waals surface area contributed by atoms with Crippen LogP contribution in [0.2, 0.25) is 0 Å². The van der Waals surface area contributed by atoms with Crippen molar-refractivity contribution in [1.82, 2.24) is 5.32 Å². The van der Waals surface area contributed by atoms with E-state index >= 15 is 0 Å². The van der Waals surface area contributed by atoms with Crippen LogP contribution in [0.25, 0.3) is 0 Å². The summed E-state index contributed by atoms with van der Waals surface area (Å²) in [4.78, 5) is 0. The van der Waals surface area contributed by atoms with E-state index in [0.717, 1.165) is 11.7 Å². The van der Waals surface area contributed by atoms with Gasteiger partial charge in [-0.15, -0.1) is 0 Å². The van der Waals surface area contributed by atoms with Crippen LogP contribution in [0.4, 0.5) is 8.78 Å². The van der Waals surface area contributed by atoms with Gasteiger partial charge in [0, 0.05) is 6.04 Å². The molecule has 5 heteroatoms. The third kappa shape index (κ3) is 4.77. The topological polar surface area (TPSA) is 25.2 Å². The molecule has 1 heterocycles. The molecular formula is C15H23F2NOS. The third-order valence-corrected chi connectivity index (χ3v) is 4.74. The predicted octanol–water partition coefficient (Wildman–Crippen LogP) is 4.65. The fourth-order valence-electron chi connectivity index (χ4n) is 2.94. The molecule has 2 rings (SSSR count). The second-order valence-electron chi connectivity index (χ2n) is 5.82. The summed E-state index contributed by atoms with van der Waals surface area (Å²) in [7, 11) is 0. The molecule has 20 heavy (non-hydrogen) atoms. The minimum absolute atomic E-state index is 0.231. The Kier molecular flexibility index (Phi) is 5.90. The largest absolute Gasteiger partial charge is 0.464 e. The first-order chi connectivity index (χ1) is 9.54. The number of rotatable bonds is 6. The van der Waals surface area contributed by atoms with E-state index in [-0.39, 0.29) is 5.75 Å². The van der Waals surface area contributed by atoms with Gasteiger partial charge in [-0.2, -0.15) is 8.78 Å². The Morgan fingerprint density at radius 1 is 1.30 bits per heavy atom. The first-order valence-electron chi connectivity index (χ1n) is 7.25. The molecule has 0 amide bonds. The Labute approximate surface area is 123 Å². The lowest BCUT2D eigenvalue weighted by Gasteiger charge is -2.33. The zero-order chi connectivity index (χ0) is 14.5. The fourth-order valence-corrected chi connectivity index (χ4v) is 3.39. The molecule has 1 aromatic heterocycles. The molecule has 1 aromatic rings. The van der Waals surface area contributed by atoms with Crippen LogP contribution in [0.15, 0.2) is 16.5 Å². The van der Waals surface area contributed by atoms with E-state index in [2.05, 4.69) is 19.2 Å². The molecule has 0 aliphatic heterocycles. The van der Waals surface area contributed by atoms with Crippen molar-refractivity contribution in [2.75, 3.05) is 0 Å². The summed E-state index contributed by atoms with van der Waals surface area (Å²) in [5, 5.41) is 3.54. The molecule has 1 aliphatic rings. The Bertz CT molecular complexity index is 410. The molecule has 0 aromatic carbocycles. The van der Waals surface area contributed by atoms with Crippen LogP contribution < -0.4 is 5.32 Å². The molecule has 0 radical (unpaired) electrons. The summed E-state index contributed by atoms with van der Waals surface area (Å²) in [5.74, 6) is 0.853. The normalized spacial score (nSPS) is 27.1. The van der Waals surface area contributed by atoms with Crippen LogP contribution in [-0.4, -0.2) is 11.8 Å². The van der Waals surface area contributed by atoms with Crippen molar-refractivity contribution in [2.45, 2.75) is 57.2 Å². The van der Waals surface area contributed by atoms with Gasteiger partial charge in [-0.25, -0.2) is 0 Å². The molecule has 2 nitrogen and oxygen atoms in total. The van der Waals surface area contributed by atoms with Crippen molar-refractivity contribution in [3.8, 4) is 0 Å². The van der Waals surface area contributed by atoms with Crippen molar-refractivity contribution in [2.24, 2.45) is 11.8 Å². The molecule has 1 aliphatic carbocycles. The molecular weight excluding hydrogens is 280 g/mol. The number of hydrogen-bond acceptors (Lipinski definition) is 3. The van der Waals surface area contributed by atoms with Gasteiger partial charge in [0.25, 0.3) is 5.76 Å². The van der Waals surface area contributed by atoms with E-state index in [0.29, 0.717) is 36.0 Å². The van der Waals surface area contributed by atoms with Gasteiger partial charge in [0.15, 0.2) is 0 Å². The smallest absolute Gasteiger partial charge is 0.284 e.